The average molecular weight is 565 g/mol. The maximum absolute atomic E-state index is 14.1. The average Bonchev–Trinajstić information content (AvgIpc) is 3.14. The number of carbonyl (C=O) groups excluding carboxylic acids is 5. The molecule has 1 unspecified atom stereocenters. The molecule has 2 rings (SSSR count). The van der Waals surface area contributed by atoms with Crippen molar-refractivity contribution in [2.75, 3.05) is 13.2 Å². The summed E-state index contributed by atoms with van der Waals surface area (Å²) in [6.45, 7) is 20.5. The first-order chi connectivity index (χ1) is 18.3. The second-order valence-electron chi connectivity index (χ2n) is 13.6. The molecule has 0 aromatic rings. The third kappa shape index (κ3) is 8.05. The molecule has 226 valence electrons. The van der Waals surface area contributed by atoms with E-state index in [2.05, 4.69) is 36.5 Å². The Hall–Kier alpha value is -2.95. The molecule has 1 saturated carbocycles. The monoisotopic (exact) mass is 564 g/mol. The van der Waals surface area contributed by atoms with Gasteiger partial charge in [-0.1, -0.05) is 54.0 Å². The van der Waals surface area contributed by atoms with Gasteiger partial charge in [0, 0.05) is 6.54 Å². The first-order valence-electron chi connectivity index (χ1n) is 14.0. The summed E-state index contributed by atoms with van der Waals surface area (Å²) in [6.07, 6.45) is 2.31. The molecule has 1 aliphatic carbocycles. The molecule has 2 aliphatic rings. The number of nitrogens with zero attached hydrogens (tertiary/aromatic N) is 1. The summed E-state index contributed by atoms with van der Waals surface area (Å²) in [7, 11) is 0. The zero-order valence-corrected chi connectivity index (χ0v) is 25.5. The van der Waals surface area contributed by atoms with Crippen LogP contribution >= 0.6 is 0 Å². The Balaban J connectivity index is 2.33. The Bertz CT molecular complexity index is 995. The second kappa shape index (κ2) is 12.7. The standard InChI is InChI=1S/C29H48N4O7/c1-11-13-18(21(34)24(36)32-39-14-12-2)30-23(35)20-19-17(15-29(19,9)10)16-33(20)25(37)22(27(3,4)5)31-26(38)40-28(6,7)8/h12,17-20,22H,2,11,13-16H2,1,3-10H3,(H,30,35)(H,31,38)(H,32,36)/t17-,18?,19-,20-,22+/m0/s1. The van der Waals surface area contributed by atoms with Crippen molar-refractivity contribution >= 4 is 29.6 Å². The summed E-state index contributed by atoms with van der Waals surface area (Å²) in [6, 6.07) is -2.90. The van der Waals surface area contributed by atoms with Crippen molar-refractivity contribution < 1.29 is 33.5 Å². The first kappa shape index (κ1) is 33.3. The summed E-state index contributed by atoms with van der Waals surface area (Å²) in [5.74, 6) is -2.73. The van der Waals surface area contributed by atoms with Crippen LogP contribution in [0.2, 0.25) is 0 Å². The maximum atomic E-state index is 14.1. The molecule has 0 radical (unpaired) electrons. The van der Waals surface area contributed by atoms with Gasteiger partial charge in [-0.25, -0.2) is 10.3 Å². The minimum atomic E-state index is -1.08. The third-order valence-corrected chi connectivity index (χ3v) is 7.43. The molecule has 0 aromatic heterocycles. The van der Waals surface area contributed by atoms with E-state index in [1.54, 1.807) is 20.8 Å². The van der Waals surface area contributed by atoms with E-state index >= 15 is 0 Å². The second-order valence-corrected chi connectivity index (χ2v) is 13.6. The molecule has 0 aromatic carbocycles. The van der Waals surface area contributed by atoms with Gasteiger partial charge in [-0.3, -0.25) is 24.0 Å². The predicted octanol–water partition coefficient (Wildman–Crippen LogP) is 2.89. The van der Waals surface area contributed by atoms with Gasteiger partial charge >= 0.3 is 12.0 Å². The number of ketones is 1. The number of amides is 4. The summed E-state index contributed by atoms with van der Waals surface area (Å²) in [5.41, 5.74) is 0.424. The SMILES string of the molecule is C=CCONC(=O)C(=O)C(CCC)NC(=O)[C@@H]1[C@@H]2[C@H](CN1C(=O)[C@@H](NC(=O)OC(C)(C)C)C(C)(C)C)CC2(C)C. The van der Waals surface area contributed by atoms with Gasteiger partial charge < -0.3 is 20.3 Å². The van der Waals surface area contributed by atoms with Crippen LogP contribution in [0.5, 0.6) is 0 Å². The van der Waals surface area contributed by atoms with E-state index in [1.165, 1.54) is 11.0 Å². The quantitative estimate of drug-likeness (QED) is 0.152. The lowest BCUT2D eigenvalue weighted by molar-refractivity contribution is -0.148. The van der Waals surface area contributed by atoms with Crippen LogP contribution in [0.4, 0.5) is 4.79 Å². The van der Waals surface area contributed by atoms with E-state index < -0.39 is 58.7 Å². The van der Waals surface area contributed by atoms with E-state index in [1.807, 2.05) is 27.7 Å². The largest absolute Gasteiger partial charge is 0.444 e. The molecular weight excluding hydrogens is 516 g/mol. The van der Waals surface area contributed by atoms with Gasteiger partial charge in [0.1, 0.15) is 17.7 Å². The molecule has 3 N–H and O–H groups in total. The number of nitrogens with one attached hydrogen (secondary N) is 3. The highest BCUT2D eigenvalue weighted by Crippen LogP contribution is 2.57. The Labute approximate surface area is 238 Å². The fraction of sp³-hybridized carbons (Fsp3) is 0.759. The van der Waals surface area contributed by atoms with Gasteiger partial charge in [-0.15, -0.1) is 6.58 Å². The number of carbonyl (C=O) groups is 5. The fourth-order valence-electron chi connectivity index (χ4n) is 5.80. The third-order valence-electron chi connectivity index (χ3n) is 7.43. The van der Waals surface area contributed by atoms with Crippen molar-refractivity contribution in [3.63, 3.8) is 0 Å². The van der Waals surface area contributed by atoms with Crippen molar-refractivity contribution in [3.8, 4) is 0 Å². The minimum absolute atomic E-state index is 0.0212. The van der Waals surface area contributed by atoms with Crippen molar-refractivity contribution in [2.24, 2.45) is 22.7 Å². The van der Waals surface area contributed by atoms with E-state index in [-0.39, 0.29) is 30.3 Å². The van der Waals surface area contributed by atoms with Crippen molar-refractivity contribution in [3.05, 3.63) is 12.7 Å². The molecule has 0 spiro atoms. The van der Waals surface area contributed by atoms with Crippen LogP contribution in [0, 0.1) is 22.7 Å². The number of likely N-dealkylation sites (tertiary alicyclic amines) is 1. The highest BCUT2D eigenvalue weighted by atomic mass is 16.6. The fourth-order valence-corrected chi connectivity index (χ4v) is 5.80. The molecule has 1 aliphatic heterocycles. The molecule has 2 fully saturated rings. The predicted molar refractivity (Wildman–Crippen MR) is 150 cm³/mol. The van der Waals surface area contributed by atoms with Crippen LogP contribution in [0.15, 0.2) is 12.7 Å². The molecule has 1 heterocycles. The van der Waals surface area contributed by atoms with Gasteiger partial charge in [0.15, 0.2) is 0 Å². The minimum Gasteiger partial charge on any atom is -0.444 e. The molecule has 11 heteroatoms. The van der Waals surface area contributed by atoms with Crippen LogP contribution in [0.1, 0.15) is 81.6 Å². The normalized spacial score (nSPS) is 23.1. The summed E-state index contributed by atoms with van der Waals surface area (Å²) < 4.78 is 5.41. The van der Waals surface area contributed by atoms with Crippen LogP contribution in [-0.2, 0) is 28.8 Å². The van der Waals surface area contributed by atoms with Gasteiger partial charge in [-0.05, 0) is 56.3 Å². The van der Waals surface area contributed by atoms with E-state index in [0.29, 0.717) is 13.0 Å². The molecule has 1 saturated heterocycles. The molecule has 5 atom stereocenters. The van der Waals surface area contributed by atoms with Crippen LogP contribution < -0.4 is 16.1 Å². The number of rotatable bonds is 11. The van der Waals surface area contributed by atoms with Gasteiger partial charge in [0.2, 0.25) is 17.6 Å². The number of ether oxygens (including phenoxy) is 1. The lowest BCUT2D eigenvalue weighted by atomic mass is 9.55. The van der Waals surface area contributed by atoms with Gasteiger partial charge in [0.05, 0.1) is 12.6 Å². The molecule has 40 heavy (non-hydrogen) atoms. The number of fused-ring (bicyclic) bond motifs is 1. The Kier molecular flexibility index (Phi) is 10.6. The number of Topliss-reactive ketones (excluding diaryl/α,β-unsaturated/α-hetero) is 1. The number of hydroxylamine groups is 1. The Morgan fingerprint density at radius 2 is 1.70 bits per heavy atom. The van der Waals surface area contributed by atoms with Crippen molar-refractivity contribution in [2.45, 2.75) is 105 Å². The summed E-state index contributed by atoms with van der Waals surface area (Å²) in [4.78, 5) is 72.2. The van der Waals surface area contributed by atoms with Crippen LogP contribution in [-0.4, -0.2) is 71.4 Å². The molecule has 0 bridgehead atoms. The molecule has 4 amide bonds. The van der Waals surface area contributed by atoms with Crippen molar-refractivity contribution in [1.29, 1.82) is 0 Å². The number of hydrogen-bond acceptors (Lipinski definition) is 7. The highest BCUT2D eigenvalue weighted by molar-refractivity contribution is 6.38. The van der Waals surface area contributed by atoms with E-state index in [0.717, 1.165) is 6.42 Å². The summed E-state index contributed by atoms with van der Waals surface area (Å²) in [5, 5.41) is 5.48. The molecular formula is C29H48N4O7. The highest BCUT2D eigenvalue weighted by Gasteiger charge is 2.61. The van der Waals surface area contributed by atoms with E-state index in [4.69, 9.17) is 9.57 Å². The van der Waals surface area contributed by atoms with Crippen molar-refractivity contribution in [1.82, 2.24) is 21.0 Å². The topological polar surface area (TPSA) is 143 Å². The number of hydrogen-bond donors (Lipinski definition) is 3. The van der Waals surface area contributed by atoms with Crippen LogP contribution in [0.3, 0.4) is 0 Å². The van der Waals surface area contributed by atoms with Gasteiger partial charge in [-0.2, -0.15) is 0 Å². The summed E-state index contributed by atoms with van der Waals surface area (Å²) >= 11 is 0. The first-order valence-corrected chi connectivity index (χ1v) is 14.0. The lowest BCUT2D eigenvalue weighted by Crippen LogP contribution is -2.61. The number of alkyl carbamates (subject to hydrolysis) is 1. The Morgan fingerprint density at radius 1 is 1.07 bits per heavy atom. The zero-order valence-electron chi connectivity index (χ0n) is 25.5. The lowest BCUT2D eigenvalue weighted by Gasteiger charge is -2.49. The zero-order chi connectivity index (χ0) is 30.6. The van der Waals surface area contributed by atoms with Crippen LogP contribution in [0.25, 0.3) is 0 Å². The molecule has 11 nitrogen and oxygen atoms in total. The smallest absolute Gasteiger partial charge is 0.408 e. The Morgan fingerprint density at radius 3 is 2.20 bits per heavy atom. The van der Waals surface area contributed by atoms with Gasteiger partial charge in [0.25, 0.3) is 0 Å². The maximum Gasteiger partial charge on any atom is 0.408 e. The van der Waals surface area contributed by atoms with E-state index in [9.17, 15) is 24.0 Å².